The summed E-state index contributed by atoms with van der Waals surface area (Å²) in [7, 11) is -1.09. The number of anilines is 1. The summed E-state index contributed by atoms with van der Waals surface area (Å²) in [4.78, 5) is 24.6. The number of aryl methyl sites for hydroxylation is 1. The minimum atomic E-state index is -3.81. The third-order valence-corrected chi connectivity index (χ3v) is 7.93. The van der Waals surface area contributed by atoms with Crippen LogP contribution in [0.15, 0.2) is 41.3 Å². The largest absolute Gasteiger partial charge is 0.451 e. The van der Waals surface area contributed by atoms with Crippen molar-refractivity contribution in [3.05, 3.63) is 57.7 Å². The number of hydrogen-bond acceptors (Lipinski definition) is 6. The molecule has 0 fully saturated rings. The van der Waals surface area contributed by atoms with Crippen molar-refractivity contribution in [3.8, 4) is 0 Å². The molecule has 0 aliphatic heterocycles. The summed E-state index contributed by atoms with van der Waals surface area (Å²) in [5.41, 5.74) is 0.616. The molecule has 0 aliphatic carbocycles. The van der Waals surface area contributed by atoms with Gasteiger partial charge in [0.05, 0.1) is 5.02 Å². The number of benzene rings is 2. The van der Waals surface area contributed by atoms with Crippen molar-refractivity contribution in [1.29, 1.82) is 0 Å². The van der Waals surface area contributed by atoms with E-state index in [9.17, 15) is 22.4 Å². The fourth-order valence-electron chi connectivity index (χ4n) is 2.82. The van der Waals surface area contributed by atoms with Gasteiger partial charge in [-0.2, -0.15) is 0 Å². The van der Waals surface area contributed by atoms with Crippen LogP contribution in [0.5, 0.6) is 0 Å². The summed E-state index contributed by atoms with van der Waals surface area (Å²) in [5, 5.41) is 2.82. The third-order valence-electron chi connectivity index (χ3n) is 4.40. The fourth-order valence-corrected chi connectivity index (χ4v) is 5.33. The lowest BCUT2D eigenvalue weighted by molar-refractivity contribution is -0.119. The first-order valence-electron chi connectivity index (χ1n) is 8.89. The second kappa shape index (κ2) is 8.91. The number of halogens is 2. The van der Waals surface area contributed by atoms with Gasteiger partial charge in [-0.3, -0.25) is 4.79 Å². The highest BCUT2D eigenvalue weighted by Crippen LogP contribution is 2.33. The zero-order valence-corrected chi connectivity index (χ0v) is 19.1. The van der Waals surface area contributed by atoms with Gasteiger partial charge in [0.2, 0.25) is 10.0 Å². The number of amides is 1. The average molecular weight is 485 g/mol. The summed E-state index contributed by atoms with van der Waals surface area (Å²) in [6.45, 7) is 1.01. The molecule has 1 amide bonds. The Morgan fingerprint density at radius 1 is 1.23 bits per heavy atom. The minimum Gasteiger partial charge on any atom is -0.451 e. The van der Waals surface area contributed by atoms with Crippen molar-refractivity contribution in [2.75, 3.05) is 26.0 Å². The predicted molar refractivity (Wildman–Crippen MR) is 118 cm³/mol. The Bertz CT molecular complexity index is 1290. The van der Waals surface area contributed by atoms with Crippen LogP contribution >= 0.6 is 22.9 Å². The molecule has 31 heavy (non-hydrogen) atoms. The summed E-state index contributed by atoms with van der Waals surface area (Å²) in [6, 6.07) is 8.54. The first-order chi connectivity index (χ1) is 14.5. The molecule has 0 atom stereocenters. The van der Waals surface area contributed by atoms with Gasteiger partial charge < -0.3 is 10.1 Å². The Morgan fingerprint density at radius 3 is 2.58 bits per heavy atom. The summed E-state index contributed by atoms with van der Waals surface area (Å²) in [5.74, 6) is -1.86. The van der Waals surface area contributed by atoms with Crippen molar-refractivity contribution in [1.82, 2.24) is 4.31 Å². The van der Waals surface area contributed by atoms with Crippen LogP contribution in [0.1, 0.15) is 15.2 Å². The zero-order chi connectivity index (χ0) is 22.9. The second-order valence-electron chi connectivity index (χ2n) is 6.73. The molecule has 3 aromatic rings. The van der Waals surface area contributed by atoms with Crippen LogP contribution in [0, 0.1) is 12.7 Å². The SMILES string of the molecule is Cc1c(C(=O)OCC(=O)Nc2ccc(Cl)c(S(=O)(=O)N(C)C)c2)sc2cccc(F)c12. The normalized spacial score (nSPS) is 11.7. The van der Waals surface area contributed by atoms with Gasteiger partial charge in [-0.05, 0) is 42.8 Å². The van der Waals surface area contributed by atoms with Crippen LogP contribution in [-0.4, -0.2) is 45.3 Å². The Morgan fingerprint density at radius 2 is 1.94 bits per heavy atom. The molecule has 2 aromatic carbocycles. The van der Waals surface area contributed by atoms with Crippen molar-refractivity contribution in [3.63, 3.8) is 0 Å². The summed E-state index contributed by atoms with van der Waals surface area (Å²) in [6.07, 6.45) is 0. The van der Waals surface area contributed by atoms with Crippen LogP contribution in [0.2, 0.25) is 5.02 Å². The van der Waals surface area contributed by atoms with Gasteiger partial charge in [-0.15, -0.1) is 11.3 Å². The highest BCUT2D eigenvalue weighted by atomic mass is 35.5. The van der Waals surface area contributed by atoms with Crippen LogP contribution in [0.4, 0.5) is 10.1 Å². The minimum absolute atomic E-state index is 0.00518. The van der Waals surface area contributed by atoms with Gasteiger partial charge in [-0.25, -0.2) is 21.9 Å². The third kappa shape index (κ3) is 4.72. The number of nitrogens with zero attached hydrogens (tertiary/aromatic N) is 1. The molecular formula is C20H18ClFN2O5S2. The van der Waals surface area contributed by atoms with E-state index in [4.69, 9.17) is 16.3 Å². The standard InChI is InChI=1S/C20H18ClFN2O5S2/c1-11-18-14(22)5-4-6-15(18)30-19(11)20(26)29-10-17(25)23-12-7-8-13(21)16(9-12)31(27,28)24(2)3/h4-9H,10H2,1-3H3,(H,23,25). The number of sulfonamides is 1. The first-order valence-corrected chi connectivity index (χ1v) is 11.5. The molecule has 0 saturated heterocycles. The van der Waals surface area contributed by atoms with Crippen molar-refractivity contribution in [2.24, 2.45) is 0 Å². The molecule has 1 N–H and O–H groups in total. The van der Waals surface area contributed by atoms with Gasteiger partial charge >= 0.3 is 5.97 Å². The number of thiophene rings is 1. The molecular weight excluding hydrogens is 467 g/mol. The number of carbonyl (C=O) groups is 2. The smallest absolute Gasteiger partial charge is 0.349 e. The number of fused-ring (bicyclic) bond motifs is 1. The van der Waals surface area contributed by atoms with E-state index < -0.39 is 34.3 Å². The predicted octanol–water partition coefficient (Wildman–Crippen LogP) is 4.05. The number of esters is 1. The van der Waals surface area contributed by atoms with E-state index in [1.54, 1.807) is 19.1 Å². The van der Waals surface area contributed by atoms with E-state index in [0.717, 1.165) is 15.6 Å². The lowest BCUT2D eigenvalue weighted by atomic mass is 10.1. The van der Waals surface area contributed by atoms with Gasteiger partial charge in [0.1, 0.15) is 15.6 Å². The summed E-state index contributed by atoms with van der Waals surface area (Å²) < 4.78 is 45.3. The molecule has 164 valence electrons. The lowest BCUT2D eigenvalue weighted by Gasteiger charge is -2.14. The molecule has 11 heteroatoms. The number of ether oxygens (including phenoxy) is 1. The van der Waals surface area contributed by atoms with E-state index in [-0.39, 0.29) is 20.5 Å². The molecule has 0 bridgehead atoms. The highest BCUT2D eigenvalue weighted by molar-refractivity contribution is 7.89. The average Bonchev–Trinajstić information content (AvgIpc) is 3.05. The number of carbonyl (C=O) groups excluding carboxylic acids is 2. The fraction of sp³-hybridized carbons (Fsp3) is 0.200. The molecule has 3 rings (SSSR count). The summed E-state index contributed by atoms with van der Waals surface area (Å²) >= 11 is 7.06. The van der Waals surface area contributed by atoms with Gasteiger partial charge in [-0.1, -0.05) is 17.7 Å². The Labute approximate surface area is 187 Å². The van der Waals surface area contributed by atoms with Crippen molar-refractivity contribution < 1.29 is 27.1 Å². The quantitative estimate of drug-likeness (QED) is 0.533. The van der Waals surface area contributed by atoms with Crippen LogP contribution in [0.25, 0.3) is 10.1 Å². The molecule has 0 spiro atoms. The van der Waals surface area contributed by atoms with E-state index in [1.807, 2.05) is 0 Å². The molecule has 0 saturated carbocycles. The topological polar surface area (TPSA) is 92.8 Å². The van der Waals surface area contributed by atoms with Gasteiger partial charge in [0.15, 0.2) is 6.61 Å². The van der Waals surface area contributed by atoms with E-state index in [0.29, 0.717) is 15.6 Å². The zero-order valence-electron chi connectivity index (χ0n) is 16.7. The van der Waals surface area contributed by atoms with Crippen molar-refractivity contribution >= 4 is 60.6 Å². The second-order valence-corrected chi connectivity index (χ2v) is 10.3. The van der Waals surface area contributed by atoms with E-state index in [2.05, 4.69) is 5.32 Å². The lowest BCUT2D eigenvalue weighted by Crippen LogP contribution is -2.23. The number of hydrogen-bond donors (Lipinski definition) is 1. The number of rotatable bonds is 6. The maximum atomic E-state index is 14.0. The molecule has 0 unspecified atom stereocenters. The molecule has 0 aliphatic rings. The van der Waals surface area contributed by atoms with E-state index in [1.165, 1.54) is 38.4 Å². The first kappa shape index (κ1) is 23.1. The molecule has 0 radical (unpaired) electrons. The van der Waals surface area contributed by atoms with E-state index >= 15 is 0 Å². The maximum absolute atomic E-state index is 14.0. The van der Waals surface area contributed by atoms with Crippen LogP contribution in [-0.2, 0) is 19.6 Å². The maximum Gasteiger partial charge on any atom is 0.349 e. The molecule has 1 heterocycles. The molecule has 7 nitrogen and oxygen atoms in total. The van der Waals surface area contributed by atoms with Crippen LogP contribution in [0.3, 0.4) is 0 Å². The highest BCUT2D eigenvalue weighted by Gasteiger charge is 2.22. The Balaban J connectivity index is 1.71. The van der Waals surface area contributed by atoms with Gasteiger partial charge in [0.25, 0.3) is 5.91 Å². The van der Waals surface area contributed by atoms with Gasteiger partial charge in [0, 0.05) is 29.9 Å². The monoisotopic (exact) mass is 484 g/mol. The van der Waals surface area contributed by atoms with Crippen molar-refractivity contribution in [2.45, 2.75) is 11.8 Å². The molecule has 1 aromatic heterocycles. The Hall–Kier alpha value is -2.53. The number of nitrogens with one attached hydrogen (secondary N) is 1. The van der Waals surface area contributed by atoms with Crippen LogP contribution < -0.4 is 5.32 Å². The Kier molecular flexibility index (Phi) is 6.65.